The molecular weight excluding hydrogens is 629 g/mol. The fourth-order valence-corrected chi connectivity index (χ4v) is 8.59. The van der Waals surface area contributed by atoms with Crippen molar-refractivity contribution in [1.82, 2.24) is 0 Å². The number of benzene rings is 8. The maximum atomic E-state index is 6.60. The molecule has 0 aliphatic carbocycles. The first-order chi connectivity index (χ1) is 24.8. The Morgan fingerprint density at radius 2 is 0.900 bits per heavy atom. The third-order valence-electron chi connectivity index (χ3n) is 9.62. The third kappa shape index (κ3) is 4.65. The first-order valence-corrected chi connectivity index (χ1v) is 17.7. The van der Waals surface area contributed by atoms with Crippen LogP contribution in [0, 0.1) is 0 Å². The summed E-state index contributed by atoms with van der Waals surface area (Å²) in [6, 6.07) is 64.7. The maximum absolute atomic E-state index is 6.60. The van der Waals surface area contributed by atoms with Gasteiger partial charge in [-0.1, -0.05) is 97.1 Å². The molecule has 0 bridgehead atoms. The summed E-state index contributed by atoms with van der Waals surface area (Å²) in [4.78, 5) is 4.64. The number of hydrogen-bond acceptors (Lipinski definition) is 4. The van der Waals surface area contributed by atoms with Gasteiger partial charge in [-0.3, -0.25) is 0 Å². The summed E-state index contributed by atoms with van der Waals surface area (Å²) in [6.45, 7) is 0. The van der Waals surface area contributed by atoms with Gasteiger partial charge in [0.05, 0.1) is 5.69 Å². The van der Waals surface area contributed by atoms with Gasteiger partial charge in [0.1, 0.15) is 11.2 Å². The van der Waals surface area contributed by atoms with Gasteiger partial charge in [-0.05, 0) is 78.9 Å². The van der Waals surface area contributed by atoms with Crippen LogP contribution < -0.4 is 9.80 Å². The number of fused-ring (bicyclic) bond motifs is 8. The second-order valence-corrected chi connectivity index (χ2v) is 13.6. The molecule has 50 heavy (non-hydrogen) atoms. The van der Waals surface area contributed by atoms with Gasteiger partial charge in [0.15, 0.2) is 0 Å². The van der Waals surface area contributed by atoms with Gasteiger partial charge in [0.25, 0.3) is 0 Å². The SMILES string of the molecule is c1ccc(N(c2ccccc2)c2ccc3oc4cc(N(c5ccccc5)c5cccc6c5ccc5c7ccccc7sc65)ccc4c3c2)cc1. The Hall–Kier alpha value is -6.36. The highest BCUT2D eigenvalue weighted by atomic mass is 32.1. The molecule has 0 fully saturated rings. The molecule has 0 aliphatic heterocycles. The van der Waals surface area contributed by atoms with Crippen molar-refractivity contribution in [2.75, 3.05) is 9.80 Å². The number of anilines is 6. The highest BCUT2D eigenvalue weighted by Crippen LogP contribution is 2.45. The van der Waals surface area contributed by atoms with Crippen LogP contribution in [0.25, 0.3) is 52.9 Å². The van der Waals surface area contributed by atoms with E-state index in [1.807, 2.05) is 11.3 Å². The zero-order valence-electron chi connectivity index (χ0n) is 27.0. The molecule has 0 radical (unpaired) electrons. The minimum Gasteiger partial charge on any atom is -0.456 e. The minimum atomic E-state index is 0.855. The van der Waals surface area contributed by atoms with Crippen LogP contribution in [-0.2, 0) is 0 Å². The molecule has 2 aromatic heterocycles. The maximum Gasteiger partial charge on any atom is 0.137 e. The summed E-state index contributed by atoms with van der Waals surface area (Å²) in [5.41, 5.74) is 8.28. The Kier molecular flexibility index (Phi) is 6.68. The molecule has 0 saturated carbocycles. The van der Waals surface area contributed by atoms with Crippen molar-refractivity contribution in [3.8, 4) is 0 Å². The van der Waals surface area contributed by atoms with E-state index in [4.69, 9.17) is 4.42 Å². The van der Waals surface area contributed by atoms with Crippen LogP contribution in [0.4, 0.5) is 34.1 Å². The lowest BCUT2D eigenvalue weighted by Crippen LogP contribution is -2.10. The highest BCUT2D eigenvalue weighted by Gasteiger charge is 2.20. The summed E-state index contributed by atoms with van der Waals surface area (Å²) < 4.78 is 9.23. The quantitative estimate of drug-likeness (QED) is 0.177. The van der Waals surface area contributed by atoms with Gasteiger partial charge in [-0.25, -0.2) is 0 Å². The summed E-state index contributed by atoms with van der Waals surface area (Å²) in [7, 11) is 0. The van der Waals surface area contributed by atoms with E-state index >= 15 is 0 Å². The summed E-state index contributed by atoms with van der Waals surface area (Å²) >= 11 is 1.87. The number of para-hydroxylation sites is 3. The van der Waals surface area contributed by atoms with Crippen LogP contribution in [0.5, 0.6) is 0 Å². The molecule has 3 nitrogen and oxygen atoms in total. The lowest BCUT2D eigenvalue weighted by Gasteiger charge is -2.27. The number of rotatable bonds is 6. The molecule has 2 heterocycles. The molecule has 4 heteroatoms. The molecule has 0 saturated heterocycles. The smallest absolute Gasteiger partial charge is 0.137 e. The molecule has 8 aromatic carbocycles. The molecule has 0 aliphatic rings. The van der Waals surface area contributed by atoms with Crippen LogP contribution >= 0.6 is 11.3 Å². The topological polar surface area (TPSA) is 19.6 Å². The van der Waals surface area contributed by atoms with Crippen LogP contribution in [0.1, 0.15) is 0 Å². The first-order valence-electron chi connectivity index (χ1n) is 16.8. The summed E-state index contributed by atoms with van der Waals surface area (Å²) in [5.74, 6) is 0. The molecule has 236 valence electrons. The van der Waals surface area contributed by atoms with Crippen LogP contribution in [0.15, 0.2) is 186 Å². The van der Waals surface area contributed by atoms with E-state index < -0.39 is 0 Å². The second kappa shape index (κ2) is 11.7. The predicted octanol–water partition coefficient (Wildman–Crippen LogP) is 14.0. The number of thiophene rings is 1. The van der Waals surface area contributed by atoms with Crippen LogP contribution in [0.2, 0.25) is 0 Å². The largest absolute Gasteiger partial charge is 0.456 e. The van der Waals surface area contributed by atoms with Gasteiger partial charge in [-0.15, -0.1) is 11.3 Å². The first kappa shape index (κ1) is 28.6. The Labute approximate surface area is 293 Å². The lowest BCUT2D eigenvalue weighted by molar-refractivity contribution is 0.669. The number of furan rings is 1. The van der Waals surface area contributed by atoms with E-state index in [0.717, 1.165) is 56.1 Å². The van der Waals surface area contributed by atoms with E-state index in [9.17, 15) is 0 Å². The van der Waals surface area contributed by atoms with E-state index in [-0.39, 0.29) is 0 Å². The zero-order valence-corrected chi connectivity index (χ0v) is 27.8. The molecule has 10 rings (SSSR count). The van der Waals surface area contributed by atoms with Crippen molar-refractivity contribution in [3.63, 3.8) is 0 Å². The molecule has 0 amide bonds. The van der Waals surface area contributed by atoms with Gasteiger partial charge < -0.3 is 14.2 Å². The van der Waals surface area contributed by atoms with Crippen molar-refractivity contribution in [1.29, 1.82) is 0 Å². The molecule has 10 aromatic rings. The fourth-order valence-electron chi connectivity index (χ4n) is 7.36. The summed E-state index contributed by atoms with van der Waals surface area (Å²) in [5, 5.41) is 7.28. The number of nitrogens with zero attached hydrogens (tertiary/aromatic N) is 2. The second-order valence-electron chi connectivity index (χ2n) is 12.6. The van der Waals surface area contributed by atoms with Gasteiger partial charge in [0.2, 0.25) is 0 Å². The molecule has 0 atom stereocenters. The Bertz CT molecular complexity index is 2780. The van der Waals surface area contributed by atoms with Crippen LogP contribution in [-0.4, -0.2) is 0 Å². The van der Waals surface area contributed by atoms with E-state index in [1.165, 1.54) is 30.9 Å². The zero-order chi connectivity index (χ0) is 33.0. The predicted molar refractivity (Wildman–Crippen MR) is 213 cm³/mol. The lowest BCUT2D eigenvalue weighted by atomic mass is 10.0. The Balaban J connectivity index is 1.13. The standard InChI is InChI=1S/C46H30N2OS/c1-4-13-31(14-5-1)47(32-15-6-2-7-16-32)34-24-28-43-41(29-34)37-25-23-35(30-44(37)49-43)48(33-17-8-3-9-18-33)42-21-12-20-39-36(42)26-27-40-38-19-10-11-22-45(38)50-46(39)40/h1-30H. The molecule has 0 spiro atoms. The van der Waals surface area contributed by atoms with Gasteiger partial charge in [0, 0.05) is 76.2 Å². The van der Waals surface area contributed by atoms with Crippen molar-refractivity contribution < 1.29 is 4.42 Å². The van der Waals surface area contributed by atoms with E-state index in [0.29, 0.717) is 0 Å². The summed E-state index contributed by atoms with van der Waals surface area (Å²) in [6.07, 6.45) is 0. The highest BCUT2D eigenvalue weighted by molar-refractivity contribution is 7.26. The fraction of sp³-hybridized carbons (Fsp3) is 0. The van der Waals surface area contributed by atoms with Gasteiger partial charge >= 0.3 is 0 Å². The average Bonchev–Trinajstić information content (AvgIpc) is 3.75. The van der Waals surface area contributed by atoms with Crippen molar-refractivity contribution >= 4 is 98.3 Å². The van der Waals surface area contributed by atoms with Crippen molar-refractivity contribution in [3.05, 3.63) is 182 Å². The minimum absolute atomic E-state index is 0.855. The van der Waals surface area contributed by atoms with Crippen molar-refractivity contribution in [2.45, 2.75) is 0 Å². The third-order valence-corrected chi connectivity index (χ3v) is 10.8. The normalized spacial score (nSPS) is 11.6. The van der Waals surface area contributed by atoms with Crippen LogP contribution in [0.3, 0.4) is 0 Å². The Morgan fingerprint density at radius 3 is 1.64 bits per heavy atom. The molecule has 0 N–H and O–H groups in total. The van der Waals surface area contributed by atoms with Gasteiger partial charge in [-0.2, -0.15) is 0 Å². The Morgan fingerprint density at radius 1 is 0.340 bits per heavy atom. The van der Waals surface area contributed by atoms with Crippen molar-refractivity contribution in [2.24, 2.45) is 0 Å². The van der Waals surface area contributed by atoms with E-state index in [1.54, 1.807) is 0 Å². The molecular formula is C46H30N2OS. The monoisotopic (exact) mass is 658 g/mol. The number of hydrogen-bond donors (Lipinski definition) is 0. The molecule has 0 unspecified atom stereocenters. The average molecular weight is 659 g/mol. The van der Waals surface area contributed by atoms with E-state index in [2.05, 4.69) is 192 Å².